The van der Waals surface area contributed by atoms with Gasteiger partial charge in [0.2, 0.25) is 0 Å². The van der Waals surface area contributed by atoms with Crippen molar-refractivity contribution in [3.05, 3.63) is 47.5 Å². The zero-order valence-electron chi connectivity index (χ0n) is 10.4. The molecule has 0 spiro atoms. The lowest BCUT2D eigenvalue weighted by Gasteiger charge is -2.20. The number of hydrogen-bond acceptors (Lipinski definition) is 3. The Balaban J connectivity index is 2.07. The Bertz CT molecular complexity index is 464. The van der Waals surface area contributed by atoms with Crippen molar-refractivity contribution >= 4 is 0 Å². The number of aromatic amines is 1. The largest absolute Gasteiger partial charge is 0.301 e. The average molecular weight is 230 g/mol. The van der Waals surface area contributed by atoms with Gasteiger partial charge in [-0.1, -0.05) is 24.3 Å². The number of benzene rings is 1. The van der Waals surface area contributed by atoms with Gasteiger partial charge < -0.3 is 5.32 Å². The van der Waals surface area contributed by atoms with E-state index in [9.17, 15) is 0 Å². The molecule has 0 bridgehead atoms. The van der Waals surface area contributed by atoms with Crippen molar-refractivity contribution in [2.24, 2.45) is 0 Å². The Morgan fingerprint density at radius 1 is 1.18 bits per heavy atom. The van der Waals surface area contributed by atoms with E-state index in [-0.39, 0.29) is 12.1 Å². The summed E-state index contributed by atoms with van der Waals surface area (Å²) in [7, 11) is 0. The lowest BCUT2D eigenvalue weighted by Crippen LogP contribution is -2.23. The smallest absolute Gasteiger partial charge is 0.141 e. The molecule has 2 N–H and O–H groups in total. The van der Waals surface area contributed by atoms with Gasteiger partial charge in [0.05, 0.1) is 6.04 Å². The second-order valence-electron chi connectivity index (χ2n) is 4.34. The number of aromatic nitrogens is 3. The molecule has 2 aromatic rings. The molecule has 90 valence electrons. The van der Waals surface area contributed by atoms with Crippen LogP contribution in [0.25, 0.3) is 0 Å². The maximum absolute atomic E-state index is 4.16. The SMILES string of the molecule is Cc1ccccc1C(C)NC(C)c1ncn[nH]1. The van der Waals surface area contributed by atoms with Crippen LogP contribution in [-0.4, -0.2) is 15.2 Å². The maximum Gasteiger partial charge on any atom is 0.141 e. The monoisotopic (exact) mass is 230 g/mol. The predicted octanol–water partition coefficient (Wildman–Crippen LogP) is 2.52. The van der Waals surface area contributed by atoms with Crippen LogP contribution in [0.4, 0.5) is 0 Å². The van der Waals surface area contributed by atoms with E-state index in [1.165, 1.54) is 17.5 Å². The highest BCUT2D eigenvalue weighted by molar-refractivity contribution is 5.28. The molecular weight excluding hydrogens is 212 g/mol. The number of H-pyrrole nitrogens is 1. The molecule has 2 rings (SSSR count). The molecule has 1 aromatic heterocycles. The van der Waals surface area contributed by atoms with Crippen molar-refractivity contribution in [3.8, 4) is 0 Å². The van der Waals surface area contributed by atoms with E-state index in [1.807, 2.05) is 0 Å². The Kier molecular flexibility index (Phi) is 3.54. The summed E-state index contributed by atoms with van der Waals surface area (Å²) in [6.07, 6.45) is 1.53. The fourth-order valence-electron chi connectivity index (χ4n) is 2.04. The van der Waals surface area contributed by atoms with E-state index in [0.29, 0.717) is 0 Å². The molecule has 0 radical (unpaired) electrons. The van der Waals surface area contributed by atoms with E-state index in [2.05, 4.69) is 65.5 Å². The first kappa shape index (κ1) is 11.8. The minimum atomic E-state index is 0.159. The number of hydrogen-bond donors (Lipinski definition) is 2. The summed E-state index contributed by atoms with van der Waals surface area (Å²) in [5.41, 5.74) is 2.62. The Morgan fingerprint density at radius 3 is 2.59 bits per heavy atom. The van der Waals surface area contributed by atoms with Crippen LogP contribution in [0.2, 0.25) is 0 Å². The second kappa shape index (κ2) is 5.10. The molecule has 0 aliphatic heterocycles. The zero-order chi connectivity index (χ0) is 12.3. The Morgan fingerprint density at radius 2 is 1.94 bits per heavy atom. The molecule has 0 aliphatic carbocycles. The van der Waals surface area contributed by atoms with Gasteiger partial charge in [0.1, 0.15) is 12.2 Å². The van der Waals surface area contributed by atoms with Crippen molar-refractivity contribution < 1.29 is 0 Å². The van der Waals surface area contributed by atoms with E-state index < -0.39 is 0 Å². The summed E-state index contributed by atoms with van der Waals surface area (Å²) in [4.78, 5) is 4.16. The van der Waals surface area contributed by atoms with Crippen LogP contribution in [0.5, 0.6) is 0 Å². The molecule has 0 saturated heterocycles. The van der Waals surface area contributed by atoms with Gasteiger partial charge in [0, 0.05) is 6.04 Å². The quantitative estimate of drug-likeness (QED) is 0.848. The molecule has 1 heterocycles. The first-order valence-corrected chi connectivity index (χ1v) is 5.85. The van der Waals surface area contributed by atoms with Crippen LogP contribution >= 0.6 is 0 Å². The minimum absolute atomic E-state index is 0.159. The lowest BCUT2D eigenvalue weighted by atomic mass is 10.0. The van der Waals surface area contributed by atoms with E-state index in [0.717, 1.165) is 5.82 Å². The highest BCUT2D eigenvalue weighted by Gasteiger charge is 2.13. The van der Waals surface area contributed by atoms with Gasteiger partial charge in [-0.25, -0.2) is 4.98 Å². The highest BCUT2D eigenvalue weighted by atomic mass is 15.2. The van der Waals surface area contributed by atoms with Gasteiger partial charge in [0.15, 0.2) is 0 Å². The van der Waals surface area contributed by atoms with Crippen molar-refractivity contribution in [1.82, 2.24) is 20.5 Å². The third-order valence-electron chi connectivity index (χ3n) is 3.00. The van der Waals surface area contributed by atoms with Gasteiger partial charge in [-0.3, -0.25) is 5.10 Å². The molecule has 4 nitrogen and oxygen atoms in total. The Hall–Kier alpha value is -1.68. The van der Waals surface area contributed by atoms with Crippen molar-refractivity contribution in [2.45, 2.75) is 32.9 Å². The summed E-state index contributed by atoms with van der Waals surface area (Å²) < 4.78 is 0. The van der Waals surface area contributed by atoms with Gasteiger partial charge in [-0.05, 0) is 31.9 Å². The van der Waals surface area contributed by atoms with Crippen LogP contribution in [0.3, 0.4) is 0 Å². The summed E-state index contributed by atoms with van der Waals surface area (Å²) in [5.74, 6) is 0.866. The fraction of sp³-hybridized carbons (Fsp3) is 0.385. The summed E-state index contributed by atoms with van der Waals surface area (Å²) in [5, 5.41) is 10.3. The molecule has 1 aromatic carbocycles. The lowest BCUT2D eigenvalue weighted by molar-refractivity contribution is 0.476. The average Bonchev–Trinajstić information content (AvgIpc) is 2.82. The Labute approximate surface area is 101 Å². The van der Waals surface area contributed by atoms with E-state index >= 15 is 0 Å². The molecule has 2 unspecified atom stereocenters. The maximum atomic E-state index is 4.16. The third-order valence-corrected chi connectivity index (χ3v) is 3.00. The van der Waals surface area contributed by atoms with Crippen molar-refractivity contribution in [2.75, 3.05) is 0 Å². The van der Waals surface area contributed by atoms with Gasteiger partial charge in [-0.2, -0.15) is 5.10 Å². The molecule has 0 fully saturated rings. The van der Waals surface area contributed by atoms with Gasteiger partial charge in [0.25, 0.3) is 0 Å². The minimum Gasteiger partial charge on any atom is -0.301 e. The van der Waals surface area contributed by atoms with E-state index in [1.54, 1.807) is 0 Å². The van der Waals surface area contributed by atoms with Crippen LogP contribution in [-0.2, 0) is 0 Å². The van der Waals surface area contributed by atoms with Gasteiger partial charge in [-0.15, -0.1) is 0 Å². The van der Waals surface area contributed by atoms with Crippen LogP contribution in [0, 0.1) is 6.92 Å². The number of rotatable bonds is 4. The molecule has 0 amide bonds. The topological polar surface area (TPSA) is 53.6 Å². The molecule has 2 atom stereocenters. The number of aryl methyl sites for hydroxylation is 1. The van der Waals surface area contributed by atoms with E-state index in [4.69, 9.17) is 0 Å². The highest BCUT2D eigenvalue weighted by Crippen LogP contribution is 2.19. The van der Waals surface area contributed by atoms with Gasteiger partial charge >= 0.3 is 0 Å². The summed E-state index contributed by atoms with van der Waals surface area (Å²) in [6.45, 7) is 6.37. The summed E-state index contributed by atoms with van der Waals surface area (Å²) >= 11 is 0. The first-order valence-electron chi connectivity index (χ1n) is 5.85. The molecule has 0 aliphatic rings. The van der Waals surface area contributed by atoms with Crippen LogP contribution in [0.15, 0.2) is 30.6 Å². The predicted molar refractivity (Wildman–Crippen MR) is 67.5 cm³/mol. The first-order chi connectivity index (χ1) is 8.18. The molecule has 4 heteroatoms. The second-order valence-corrected chi connectivity index (χ2v) is 4.34. The molecule has 0 saturated carbocycles. The normalized spacial score (nSPS) is 14.5. The van der Waals surface area contributed by atoms with Crippen LogP contribution in [0.1, 0.15) is 42.9 Å². The zero-order valence-corrected chi connectivity index (χ0v) is 10.4. The number of nitrogens with one attached hydrogen (secondary N) is 2. The van der Waals surface area contributed by atoms with Crippen molar-refractivity contribution in [1.29, 1.82) is 0 Å². The molecular formula is C13H18N4. The number of nitrogens with zero attached hydrogens (tertiary/aromatic N) is 2. The fourth-order valence-corrected chi connectivity index (χ4v) is 2.04. The standard InChI is InChI=1S/C13H18N4/c1-9-6-4-5-7-12(9)10(2)16-11(3)13-14-8-15-17-13/h4-8,10-11,16H,1-3H3,(H,14,15,17). The third kappa shape index (κ3) is 2.71. The molecule has 17 heavy (non-hydrogen) atoms. The van der Waals surface area contributed by atoms with Crippen LogP contribution < -0.4 is 5.32 Å². The summed E-state index contributed by atoms with van der Waals surface area (Å²) in [6, 6.07) is 8.86. The van der Waals surface area contributed by atoms with Crippen molar-refractivity contribution in [3.63, 3.8) is 0 Å².